The van der Waals surface area contributed by atoms with Gasteiger partial charge in [0, 0.05) is 36.1 Å². The molecule has 10 nitrogen and oxygen atoms in total. The molecule has 0 spiro atoms. The SMILES string of the molecule is CCn1cc(C[C@H](c2nc(C(=O)O)c(C)o2)N(C(=O)NC2CCCCC2)C(=O)[C@@H](N)CC(C)C)c2ccccc21. The maximum Gasteiger partial charge on any atom is 0.358 e. The topological polar surface area (TPSA) is 144 Å². The molecule has 1 saturated carbocycles. The van der Waals surface area contributed by atoms with Gasteiger partial charge in [-0.2, -0.15) is 0 Å². The highest BCUT2D eigenvalue weighted by atomic mass is 16.4. The van der Waals surface area contributed by atoms with Crippen molar-refractivity contribution in [2.24, 2.45) is 11.7 Å². The molecule has 2 heterocycles. The van der Waals surface area contributed by atoms with Crippen LogP contribution in [-0.4, -0.2) is 49.5 Å². The predicted octanol–water partition coefficient (Wildman–Crippen LogP) is 5.18. The lowest BCUT2D eigenvalue weighted by molar-refractivity contribution is -0.132. The first-order valence-electron chi connectivity index (χ1n) is 14.3. The fraction of sp³-hybridized carbons (Fsp3) is 0.533. The molecule has 0 bridgehead atoms. The van der Waals surface area contributed by atoms with Crippen LogP contribution in [0, 0.1) is 12.8 Å². The minimum atomic E-state index is -1.24. The molecule has 4 N–H and O–H groups in total. The number of aromatic carboxylic acids is 1. The third-order valence-corrected chi connectivity index (χ3v) is 7.67. The van der Waals surface area contributed by atoms with Crippen molar-refractivity contribution in [3.63, 3.8) is 0 Å². The van der Waals surface area contributed by atoms with E-state index in [9.17, 15) is 19.5 Å². The summed E-state index contributed by atoms with van der Waals surface area (Å²) in [6.45, 7) is 8.22. The van der Waals surface area contributed by atoms with Gasteiger partial charge in [0.05, 0.1) is 6.04 Å². The molecule has 10 heteroatoms. The average Bonchev–Trinajstić information content (AvgIpc) is 3.48. The van der Waals surface area contributed by atoms with Gasteiger partial charge < -0.3 is 25.1 Å². The monoisotopic (exact) mass is 551 g/mol. The second kappa shape index (κ2) is 12.7. The smallest absolute Gasteiger partial charge is 0.358 e. The number of imide groups is 1. The van der Waals surface area contributed by atoms with E-state index < -0.39 is 30.0 Å². The molecule has 3 amide bonds. The minimum absolute atomic E-state index is 0.00730. The standard InChI is InChI=1S/C30H41N5O5/c1-5-34-17-20(22-13-9-10-14-24(22)34)16-25(27-33-26(29(37)38)19(4)40-27)35(28(36)23(31)15-18(2)3)30(39)32-21-11-7-6-8-12-21/h9-10,13-14,17-18,21,23,25H,5-8,11-12,15-16,31H2,1-4H3,(H,32,39)(H,37,38)/t23-,25+/m0/s1. The van der Waals surface area contributed by atoms with Gasteiger partial charge in [0.1, 0.15) is 11.8 Å². The van der Waals surface area contributed by atoms with Gasteiger partial charge in [-0.3, -0.25) is 9.69 Å². The lowest BCUT2D eigenvalue weighted by atomic mass is 9.95. The number of carboxylic acids is 1. The van der Waals surface area contributed by atoms with Crippen molar-refractivity contribution in [2.45, 2.75) is 97.3 Å². The number of hydrogen-bond acceptors (Lipinski definition) is 6. The zero-order valence-corrected chi connectivity index (χ0v) is 23.9. The van der Waals surface area contributed by atoms with Crippen LogP contribution in [0.2, 0.25) is 0 Å². The van der Waals surface area contributed by atoms with E-state index in [2.05, 4.69) is 14.9 Å². The summed E-state index contributed by atoms with van der Waals surface area (Å²) in [5.41, 5.74) is 8.04. The van der Waals surface area contributed by atoms with Gasteiger partial charge in [0.2, 0.25) is 11.8 Å². The lowest BCUT2D eigenvalue weighted by Gasteiger charge is -2.33. The van der Waals surface area contributed by atoms with E-state index in [1.54, 1.807) is 0 Å². The van der Waals surface area contributed by atoms with E-state index in [1.807, 2.05) is 51.2 Å². The molecule has 0 aliphatic heterocycles. The summed E-state index contributed by atoms with van der Waals surface area (Å²) in [7, 11) is 0. The number of aromatic nitrogens is 2. The van der Waals surface area contributed by atoms with Gasteiger partial charge >= 0.3 is 12.0 Å². The largest absolute Gasteiger partial charge is 0.476 e. The number of oxazole rings is 1. The molecule has 1 aliphatic carbocycles. The van der Waals surface area contributed by atoms with Crippen LogP contribution in [0.15, 0.2) is 34.9 Å². The van der Waals surface area contributed by atoms with E-state index in [4.69, 9.17) is 10.2 Å². The summed E-state index contributed by atoms with van der Waals surface area (Å²) < 4.78 is 7.98. The molecule has 0 radical (unpaired) electrons. The van der Waals surface area contributed by atoms with Crippen LogP contribution in [0.4, 0.5) is 4.79 Å². The van der Waals surface area contributed by atoms with Crippen LogP contribution in [0.3, 0.4) is 0 Å². The number of fused-ring (bicyclic) bond motifs is 1. The van der Waals surface area contributed by atoms with Gasteiger partial charge in [-0.05, 0) is 50.7 Å². The normalized spacial score (nSPS) is 15.8. The first kappa shape index (κ1) is 29.3. The highest BCUT2D eigenvalue weighted by Gasteiger charge is 2.39. The van der Waals surface area contributed by atoms with E-state index in [0.29, 0.717) is 6.42 Å². The van der Waals surface area contributed by atoms with Crippen LogP contribution < -0.4 is 11.1 Å². The Labute approximate surface area is 234 Å². The fourth-order valence-electron chi connectivity index (χ4n) is 5.68. The second-order valence-electron chi connectivity index (χ2n) is 11.2. The Balaban J connectivity index is 1.82. The number of aryl methyl sites for hydroxylation is 2. The van der Waals surface area contributed by atoms with E-state index in [-0.39, 0.29) is 35.7 Å². The number of amides is 3. The van der Waals surface area contributed by atoms with Crippen molar-refractivity contribution in [2.75, 3.05) is 0 Å². The van der Waals surface area contributed by atoms with Crippen LogP contribution in [-0.2, 0) is 17.8 Å². The Morgan fingerprint density at radius 2 is 1.90 bits per heavy atom. The van der Waals surface area contributed by atoms with E-state index in [0.717, 1.165) is 60.0 Å². The Hall–Kier alpha value is -3.66. The molecule has 1 aliphatic rings. The first-order valence-corrected chi connectivity index (χ1v) is 14.3. The number of urea groups is 1. The molecular weight excluding hydrogens is 510 g/mol. The quantitative estimate of drug-likeness (QED) is 0.315. The van der Waals surface area contributed by atoms with Crippen molar-refractivity contribution in [1.29, 1.82) is 0 Å². The number of hydrogen-bond donors (Lipinski definition) is 3. The number of para-hydroxylation sites is 1. The van der Waals surface area contributed by atoms with Crippen molar-refractivity contribution < 1.29 is 23.9 Å². The Morgan fingerprint density at radius 3 is 2.52 bits per heavy atom. The second-order valence-corrected chi connectivity index (χ2v) is 11.2. The van der Waals surface area contributed by atoms with Crippen molar-refractivity contribution >= 4 is 28.8 Å². The average molecular weight is 552 g/mol. The summed E-state index contributed by atoms with van der Waals surface area (Å²) >= 11 is 0. The molecule has 2 atom stereocenters. The highest BCUT2D eigenvalue weighted by molar-refractivity contribution is 5.98. The molecule has 1 aromatic carbocycles. The van der Waals surface area contributed by atoms with Gasteiger partial charge in [0.25, 0.3) is 0 Å². The number of rotatable bonds is 10. The highest BCUT2D eigenvalue weighted by Crippen LogP contribution is 2.32. The number of carbonyl (C=O) groups excluding carboxylic acids is 2. The molecular formula is C30H41N5O5. The summed E-state index contributed by atoms with van der Waals surface area (Å²) in [6, 6.07) is 5.38. The van der Waals surface area contributed by atoms with Crippen LogP contribution >= 0.6 is 0 Å². The van der Waals surface area contributed by atoms with Crippen LogP contribution in [0.1, 0.15) is 93.0 Å². The molecule has 2 aromatic heterocycles. The number of nitrogens with one attached hydrogen (secondary N) is 1. The fourth-order valence-corrected chi connectivity index (χ4v) is 5.68. The molecule has 4 rings (SSSR count). The van der Waals surface area contributed by atoms with Crippen molar-refractivity contribution in [3.05, 3.63) is 53.4 Å². The van der Waals surface area contributed by atoms with Gasteiger partial charge in [0.15, 0.2) is 5.69 Å². The Morgan fingerprint density at radius 1 is 1.20 bits per heavy atom. The predicted molar refractivity (Wildman–Crippen MR) is 152 cm³/mol. The third kappa shape index (κ3) is 6.38. The molecule has 3 aromatic rings. The molecule has 1 fully saturated rings. The van der Waals surface area contributed by atoms with Crippen LogP contribution in [0.5, 0.6) is 0 Å². The molecule has 0 saturated heterocycles. The summed E-state index contributed by atoms with van der Waals surface area (Å²) in [6.07, 6.45) is 7.37. The number of nitrogens with two attached hydrogens (primary N) is 1. The van der Waals surface area contributed by atoms with Crippen LogP contribution in [0.25, 0.3) is 10.9 Å². The van der Waals surface area contributed by atoms with Gasteiger partial charge in [-0.15, -0.1) is 0 Å². The zero-order valence-electron chi connectivity index (χ0n) is 23.9. The number of benzene rings is 1. The molecule has 0 unspecified atom stereocenters. The Bertz CT molecular complexity index is 1350. The minimum Gasteiger partial charge on any atom is -0.476 e. The lowest BCUT2D eigenvalue weighted by Crippen LogP contribution is -2.54. The third-order valence-electron chi connectivity index (χ3n) is 7.67. The Kier molecular flexibility index (Phi) is 9.29. The number of nitrogens with zero attached hydrogens (tertiary/aromatic N) is 3. The van der Waals surface area contributed by atoms with Crippen molar-refractivity contribution in [1.82, 2.24) is 19.8 Å². The summed E-state index contributed by atoms with van der Waals surface area (Å²) in [4.78, 5) is 45.2. The van der Waals surface area contributed by atoms with E-state index >= 15 is 0 Å². The maximum atomic E-state index is 14.0. The van der Waals surface area contributed by atoms with Gasteiger partial charge in [-0.1, -0.05) is 51.3 Å². The molecule has 216 valence electrons. The summed E-state index contributed by atoms with van der Waals surface area (Å²) in [5.74, 6) is -1.55. The summed E-state index contributed by atoms with van der Waals surface area (Å²) in [5, 5.41) is 13.7. The number of carboxylic acid groups (broad SMARTS) is 1. The molecule has 40 heavy (non-hydrogen) atoms. The van der Waals surface area contributed by atoms with E-state index in [1.165, 1.54) is 6.92 Å². The van der Waals surface area contributed by atoms with Crippen molar-refractivity contribution in [3.8, 4) is 0 Å². The first-order chi connectivity index (χ1) is 19.1. The maximum absolute atomic E-state index is 14.0. The van der Waals surface area contributed by atoms with Gasteiger partial charge in [-0.25, -0.2) is 14.6 Å². The number of carbonyl (C=O) groups is 3. The zero-order chi connectivity index (χ0) is 29.0.